The van der Waals surface area contributed by atoms with E-state index in [1.807, 2.05) is 6.07 Å². The summed E-state index contributed by atoms with van der Waals surface area (Å²) >= 11 is 2.30. The second-order valence-electron chi connectivity index (χ2n) is 8.34. The number of oxime groups is 1. The van der Waals surface area contributed by atoms with Crippen LogP contribution in [0.15, 0.2) is 46.1 Å². The highest BCUT2D eigenvalue weighted by atomic mass is 32.2. The number of hydrogen-bond donors (Lipinski definition) is 3. The Labute approximate surface area is 235 Å². The van der Waals surface area contributed by atoms with Gasteiger partial charge in [-0.25, -0.2) is 9.78 Å². The lowest BCUT2D eigenvalue weighted by atomic mass is 10.0. The van der Waals surface area contributed by atoms with Crippen molar-refractivity contribution < 1.29 is 38.6 Å². The first-order valence-corrected chi connectivity index (χ1v) is 13.5. The second kappa shape index (κ2) is 12.1. The number of anilines is 1. The van der Waals surface area contributed by atoms with Gasteiger partial charge in [-0.1, -0.05) is 11.2 Å². The summed E-state index contributed by atoms with van der Waals surface area (Å²) in [6.45, 7) is 2.39. The number of nitrogens with one attached hydrogen (secondary N) is 1. The van der Waals surface area contributed by atoms with E-state index in [1.165, 1.54) is 35.0 Å². The van der Waals surface area contributed by atoms with Gasteiger partial charge in [0.2, 0.25) is 6.29 Å². The number of fused-ring (bicyclic) bond motifs is 1. The number of carbonyl (C=O) groups excluding carboxylic acids is 4. The van der Waals surface area contributed by atoms with Crippen molar-refractivity contribution >= 4 is 57.7 Å². The van der Waals surface area contributed by atoms with E-state index in [9.17, 15) is 24.4 Å². The monoisotopic (exact) mass is 586 g/mol. The van der Waals surface area contributed by atoms with Gasteiger partial charge in [-0.3, -0.25) is 19.3 Å². The Morgan fingerprint density at radius 3 is 2.80 bits per heavy atom. The van der Waals surface area contributed by atoms with Gasteiger partial charge in [0.1, 0.15) is 35.2 Å². The average molecular weight is 587 g/mol. The first kappa shape index (κ1) is 28.4. The summed E-state index contributed by atoms with van der Waals surface area (Å²) in [5, 5.41) is 24.9. The number of thioether (sulfide) groups is 1. The molecule has 2 aliphatic heterocycles. The maximum atomic E-state index is 13.2. The molecule has 14 nitrogen and oxygen atoms in total. The molecule has 0 radical (unpaired) electrons. The molecular formula is C24H22N6O8S2. The Hall–Kier alpha value is -4.62. The molecule has 4 rings (SSSR count). The van der Waals surface area contributed by atoms with Crippen molar-refractivity contribution in [1.29, 1.82) is 5.26 Å². The molecule has 3 heterocycles. The third-order valence-corrected chi connectivity index (χ3v) is 7.60. The third kappa shape index (κ3) is 6.00. The highest BCUT2D eigenvalue weighted by Crippen LogP contribution is 2.41. The molecule has 4 N–H and O–H groups in total. The maximum Gasteiger partial charge on any atom is 0.358 e. The molecule has 0 spiro atoms. The summed E-state index contributed by atoms with van der Waals surface area (Å²) in [6, 6.07) is 7.35. The highest BCUT2D eigenvalue weighted by Gasteiger charge is 2.55. The minimum Gasteiger partial charge on any atom is -0.489 e. The number of nitrogen functional groups attached to an aromatic ring is 1. The standard InChI is InChI=1S/C24H22N6O8S2/c1-11(31)37-12(2)38-23(34)19-14(8-36-15-5-3-4-13(6-15)7-25)9-39-22-18(21(33)30(19)22)28-20(32)17(29-35)16-10-40-24(26)27-16/h3-6,10,12,18,22,35H,8-9H2,1-2H3,(H2,26,27)(H,28,32)/t12?,18?,22-/m0/s1. The van der Waals surface area contributed by atoms with Crippen LogP contribution in [-0.4, -0.2) is 74.6 Å². The molecule has 1 saturated heterocycles. The van der Waals surface area contributed by atoms with Crippen molar-refractivity contribution in [1.82, 2.24) is 15.2 Å². The third-order valence-electron chi connectivity index (χ3n) is 5.59. The Bertz CT molecular complexity index is 1470. The SMILES string of the molecule is CC(=O)OC(C)OC(=O)C1=C(COc2cccc(C#N)c2)CS[C@H]2C(NC(=O)C(=NO)c3csc(N)n3)C(=O)N12. The number of benzene rings is 1. The molecule has 0 aliphatic carbocycles. The molecule has 40 heavy (non-hydrogen) atoms. The number of thiazole rings is 1. The van der Waals surface area contributed by atoms with Gasteiger partial charge in [-0.15, -0.1) is 23.1 Å². The molecule has 208 valence electrons. The van der Waals surface area contributed by atoms with E-state index in [-0.39, 0.29) is 28.9 Å². The topological polar surface area (TPSA) is 207 Å². The van der Waals surface area contributed by atoms with Gasteiger partial charge in [0.15, 0.2) is 10.8 Å². The van der Waals surface area contributed by atoms with Crippen LogP contribution >= 0.6 is 23.1 Å². The van der Waals surface area contributed by atoms with Crippen molar-refractivity contribution in [2.75, 3.05) is 18.1 Å². The van der Waals surface area contributed by atoms with Gasteiger partial charge >= 0.3 is 11.9 Å². The van der Waals surface area contributed by atoms with E-state index in [0.29, 0.717) is 16.9 Å². The van der Waals surface area contributed by atoms with Gasteiger partial charge in [-0.05, 0) is 18.2 Å². The fraction of sp³-hybridized carbons (Fsp3) is 0.292. The number of aromatic nitrogens is 1. The molecule has 1 aromatic carbocycles. The first-order chi connectivity index (χ1) is 19.1. The molecular weight excluding hydrogens is 564 g/mol. The Morgan fingerprint density at radius 2 is 2.15 bits per heavy atom. The smallest absolute Gasteiger partial charge is 0.358 e. The molecule has 2 unspecified atom stereocenters. The zero-order chi connectivity index (χ0) is 29.0. The van der Waals surface area contributed by atoms with Gasteiger partial charge in [0, 0.05) is 30.6 Å². The second-order valence-corrected chi connectivity index (χ2v) is 10.3. The van der Waals surface area contributed by atoms with E-state index >= 15 is 0 Å². The van der Waals surface area contributed by atoms with Crippen LogP contribution in [0, 0.1) is 11.3 Å². The number of nitrogens with zero attached hydrogens (tertiary/aromatic N) is 4. The van der Waals surface area contributed by atoms with Crippen molar-refractivity contribution in [3.63, 3.8) is 0 Å². The fourth-order valence-electron chi connectivity index (χ4n) is 3.89. The summed E-state index contributed by atoms with van der Waals surface area (Å²) in [4.78, 5) is 55.6. The molecule has 3 atom stereocenters. The molecule has 2 amide bonds. The Balaban J connectivity index is 1.55. The van der Waals surface area contributed by atoms with E-state index < -0.39 is 47.2 Å². The van der Waals surface area contributed by atoms with Gasteiger partial charge in [-0.2, -0.15) is 5.26 Å². The maximum absolute atomic E-state index is 13.2. The lowest BCUT2D eigenvalue weighted by Gasteiger charge is -2.49. The largest absolute Gasteiger partial charge is 0.489 e. The number of nitrogens with two attached hydrogens (primary N) is 1. The van der Waals surface area contributed by atoms with Crippen LogP contribution < -0.4 is 15.8 Å². The molecule has 2 aromatic rings. The van der Waals surface area contributed by atoms with Crippen LogP contribution in [0.2, 0.25) is 0 Å². The number of carbonyl (C=O) groups is 4. The molecule has 1 fully saturated rings. The predicted octanol–water partition coefficient (Wildman–Crippen LogP) is 0.961. The minimum atomic E-state index is -1.24. The van der Waals surface area contributed by atoms with Crippen molar-refractivity contribution in [2.24, 2.45) is 5.16 Å². The van der Waals surface area contributed by atoms with Gasteiger partial charge < -0.3 is 30.5 Å². The van der Waals surface area contributed by atoms with Crippen LogP contribution in [0.4, 0.5) is 5.13 Å². The summed E-state index contributed by atoms with van der Waals surface area (Å²) in [7, 11) is 0. The predicted molar refractivity (Wildman–Crippen MR) is 141 cm³/mol. The van der Waals surface area contributed by atoms with Gasteiger partial charge in [0.25, 0.3) is 11.8 Å². The Morgan fingerprint density at radius 1 is 1.38 bits per heavy atom. The van der Waals surface area contributed by atoms with E-state index in [2.05, 4.69) is 15.5 Å². The number of hydrogen-bond acceptors (Lipinski definition) is 14. The average Bonchev–Trinajstić information content (AvgIpc) is 3.35. The molecule has 1 aromatic heterocycles. The van der Waals surface area contributed by atoms with Crippen LogP contribution in [0.25, 0.3) is 0 Å². The van der Waals surface area contributed by atoms with Crippen LogP contribution in [0.5, 0.6) is 5.75 Å². The zero-order valence-electron chi connectivity index (χ0n) is 21.0. The summed E-state index contributed by atoms with van der Waals surface area (Å²) in [5.74, 6) is -2.51. The van der Waals surface area contributed by atoms with E-state index in [4.69, 9.17) is 25.2 Å². The normalized spacial score (nSPS) is 19.1. The summed E-state index contributed by atoms with van der Waals surface area (Å²) < 4.78 is 15.9. The van der Waals surface area contributed by atoms with E-state index in [0.717, 1.165) is 18.3 Å². The molecule has 16 heteroatoms. The summed E-state index contributed by atoms with van der Waals surface area (Å²) in [6.07, 6.45) is -1.24. The summed E-state index contributed by atoms with van der Waals surface area (Å²) in [5.41, 5.74) is 5.85. The Kier molecular flexibility index (Phi) is 8.55. The number of esters is 2. The molecule has 2 aliphatic rings. The quantitative estimate of drug-likeness (QED) is 0.0938. The molecule has 0 bridgehead atoms. The number of ether oxygens (including phenoxy) is 3. The number of amides is 2. The highest BCUT2D eigenvalue weighted by molar-refractivity contribution is 8.00. The minimum absolute atomic E-state index is 0.0333. The first-order valence-electron chi connectivity index (χ1n) is 11.5. The van der Waals surface area contributed by atoms with Gasteiger partial charge in [0.05, 0.1) is 11.6 Å². The lowest BCUT2D eigenvalue weighted by Crippen LogP contribution is -2.71. The molecule has 0 saturated carbocycles. The lowest BCUT2D eigenvalue weighted by molar-refractivity contribution is -0.182. The van der Waals surface area contributed by atoms with Crippen LogP contribution in [-0.2, 0) is 28.7 Å². The van der Waals surface area contributed by atoms with Crippen LogP contribution in [0.1, 0.15) is 25.1 Å². The van der Waals surface area contributed by atoms with Crippen molar-refractivity contribution in [2.45, 2.75) is 31.6 Å². The van der Waals surface area contributed by atoms with Crippen molar-refractivity contribution in [3.05, 3.63) is 52.2 Å². The van der Waals surface area contributed by atoms with Crippen LogP contribution in [0.3, 0.4) is 0 Å². The number of nitriles is 1. The van der Waals surface area contributed by atoms with E-state index in [1.54, 1.807) is 18.2 Å². The van der Waals surface area contributed by atoms with Crippen molar-refractivity contribution in [3.8, 4) is 11.8 Å². The zero-order valence-corrected chi connectivity index (χ0v) is 22.7. The number of β-lactam (4-membered cyclic amide) rings is 1. The number of rotatable bonds is 9. The fourth-order valence-corrected chi connectivity index (χ4v) is 5.77.